The van der Waals surface area contributed by atoms with Crippen molar-refractivity contribution >= 4 is 36.2 Å². The van der Waals surface area contributed by atoms with E-state index < -0.39 is 36.6 Å². The number of ether oxygens (including phenoxy) is 3. The highest BCUT2D eigenvalue weighted by atomic mass is 31.2. The van der Waals surface area contributed by atoms with Gasteiger partial charge in [-0.2, -0.15) is 0 Å². The Kier molecular flexibility index (Phi) is 11.2. The maximum atomic E-state index is 14.8. The summed E-state index contributed by atoms with van der Waals surface area (Å²) in [6, 6.07) is 1.69. The van der Waals surface area contributed by atoms with Crippen molar-refractivity contribution in [1.29, 1.82) is 0 Å². The number of pyridine rings is 1. The molecule has 2 aromatic rings. The molecular weight excluding hydrogens is 619 g/mol. The molecule has 2 saturated carbocycles. The summed E-state index contributed by atoms with van der Waals surface area (Å²) in [5, 5.41) is 6.08. The number of carbonyl (C=O) groups is 2. The number of esters is 2. The minimum absolute atomic E-state index is 0.195. The number of nitrogens with zero attached hydrogens (tertiary/aromatic N) is 3. The fourth-order valence-corrected chi connectivity index (χ4v) is 8.98. The van der Waals surface area contributed by atoms with Crippen molar-refractivity contribution in [3.8, 4) is 0 Å². The Morgan fingerprint density at radius 2 is 1.40 bits per heavy atom. The molecule has 0 aliphatic heterocycles. The lowest BCUT2D eigenvalue weighted by Gasteiger charge is -2.38. The van der Waals surface area contributed by atoms with E-state index in [1.54, 1.807) is 46.3 Å². The molecule has 12 nitrogen and oxygen atoms in total. The minimum atomic E-state index is -3.80. The monoisotopic (exact) mass is 676 g/mol. The zero-order valence-electron chi connectivity index (χ0n) is 29.9. The van der Waals surface area contributed by atoms with Gasteiger partial charge in [0.05, 0.1) is 24.7 Å². The number of fused-ring (bicyclic) bond motifs is 1. The molecule has 0 radical (unpaired) electrons. The van der Waals surface area contributed by atoms with E-state index >= 15 is 0 Å². The number of hydrogen-bond donors (Lipinski definition) is 3. The topological polar surface area (TPSA) is 160 Å². The summed E-state index contributed by atoms with van der Waals surface area (Å²) in [6.45, 7) is 17.7. The number of hydrogen-bond acceptors (Lipinski definition) is 9. The van der Waals surface area contributed by atoms with E-state index in [1.807, 2.05) is 11.5 Å². The molecule has 4 N–H and O–H groups in total. The molecule has 0 unspecified atom stereocenters. The van der Waals surface area contributed by atoms with E-state index in [2.05, 4.69) is 47.8 Å². The third-order valence-corrected chi connectivity index (χ3v) is 11.9. The van der Waals surface area contributed by atoms with Crippen molar-refractivity contribution < 1.29 is 28.4 Å². The highest BCUT2D eigenvalue weighted by Crippen LogP contribution is 2.44. The lowest BCUT2D eigenvalue weighted by Crippen LogP contribution is -2.54. The summed E-state index contributed by atoms with van der Waals surface area (Å²) >= 11 is 0. The van der Waals surface area contributed by atoms with Gasteiger partial charge in [0, 0.05) is 6.20 Å². The Bertz CT molecular complexity index is 1390. The van der Waals surface area contributed by atoms with E-state index in [9.17, 15) is 14.2 Å². The van der Waals surface area contributed by atoms with E-state index in [0.29, 0.717) is 23.4 Å². The van der Waals surface area contributed by atoms with Crippen LogP contribution in [0, 0.1) is 10.8 Å². The molecule has 4 rings (SSSR count). The van der Waals surface area contributed by atoms with Crippen LogP contribution in [0.3, 0.4) is 0 Å². The van der Waals surface area contributed by atoms with Crippen molar-refractivity contribution in [2.45, 2.75) is 150 Å². The molecule has 2 aliphatic carbocycles. The van der Waals surface area contributed by atoms with Crippen LogP contribution in [0.2, 0.25) is 0 Å². The first-order valence-electron chi connectivity index (χ1n) is 17.0. The second-order valence-corrected chi connectivity index (χ2v) is 18.5. The first-order valence-corrected chi connectivity index (χ1v) is 18.9. The number of aromatic nitrogens is 3. The van der Waals surface area contributed by atoms with Gasteiger partial charge in [-0.05, 0) is 103 Å². The second kappa shape index (κ2) is 14.1. The smallest absolute Gasteiger partial charge is 0.326 e. The Labute approximate surface area is 280 Å². The Morgan fingerprint density at radius 3 is 1.87 bits per heavy atom. The average Bonchev–Trinajstić information content (AvgIpc) is 3.37. The van der Waals surface area contributed by atoms with Crippen LogP contribution in [0.4, 0.5) is 5.69 Å². The first kappa shape index (κ1) is 37.3. The molecule has 2 fully saturated rings. The van der Waals surface area contributed by atoms with E-state index in [4.69, 9.17) is 19.9 Å². The van der Waals surface area contributed by atoms with Crippen molar-refractivity contribution in [1.82, 2.24) is 24.7 Å². The first-order chi connectivity index (χ1) is 21.7. The van der Waals surface area contributed by atoms with Crippen LogP contribution < -0.4 is 15.9 Å². The molecule has 0 spiro atoms. The standard InChI is InChI=1S/C34H57N6O6P/c1-23(20-40-21-37-27-26(35)14-19-36-28(27)40)44-22-47(43,38-33(6,7)29(41)45-24-10-15-31(2,3)16-11-24)39-34(8,9)30(42)46-25-12-17-32(4,5)18-13-25/h14,19,21,23-25H,10-13,15-18,20,22H2,1-9H3,(H2,35,36)(H2,38,39,43)/t23-/m1/s1. The van der Waals surface area contributed by atoms with Gasteiger partial charge >= 0.3 is 11.9 Å². The van der Waals surface area contributed by atoms with Crippen molar-refractivity contribution in [2.24, 2.45) is 10.8 Å². The third-order valence-electron chi connectivity index (χ3n) is 9.59. The number of nitrogens with two attached hydrogens (primary N) is 1. The van der Waals surface area contributed by atoms with Gasteiger partial charge in [0.25, 0.3) is 0 Å². The predicted molar refractivity (Wildman–Crippen MR) is 184 cm³/mol. The van der Waals surface area contributed by atoms with E-state index in [0.717, 1.165) is 51.4 Å². The summed E-state index contributed by atoms with van der Waals surface area (Å²) in [5.41, 5.74) is 5.54. The average molecular weight is 677 g/mol. The summed E-state index contributed by atoms with van der Waals surface area (Å²) < 4.78 is 34.6. The van der Waals surface area contributed by atoms with Gasteiger partial charge in [-0.3, -0.25) is 14.2 Å². The van der Waals surface area contributed by atoms with Gasteiger partial charge < -0.3 is 24.5 Å². The summed E-state index contributed by atoms with van der Waals surface area (Å²) in [6.07, 6.45) is 9.13. The van der Waals surface area contributed by atoms with Crippen molar-refractivity contribution in [3.05, 3.63) is 18.6 Å². The van der Waals surface area contributed by atoms with Gasteiger partial charge in [0.2, 0.25) is 7.44 Å². The minimum Gasteiger partial charge on any atom is -0.461 e. The molecule has 264 valence electrons. The maximum Gasteiger partial charge on any atom is 0.326 e. The van der Waals surface area contributed by atoms with Gasteiger partial charge in [-0.25, -0.2) is 20.1 Å². The Balaban J connectivity index is 1.47. The fraction of sp³-hybridized carbons (Fsp3) is 0.765. The molecule has 2 heterocycles. The number of nitrogen functional groups attached to an aromatic ring is 1. The number of anilines is 1. The van der Waals surface area contributed by atoms with Crippen LogP contribution in [-0.4, -0.2) is 62.2 Å². The fourth-order valence-electron chi connectivity index (χ4n) is 6.34. The van der Waals surface area contributed by atoms with Crippen LogP contribution >= 0.6 is 7.44 Å². The molecule has 0 amide bonds. The van der Waals surface area contributed by atoms with Crippen LogP contribution in [0.25, 0.3) is 11.2 Å². The van der Waals surface area contributed by atoms with E-state index in [1.165, 1.54) is 0 Å². The number of carbonyl (C=O) groups excluding carboxylic acids is 2. The quantitative estimate of drug-likeness (QED) is 0.161. The SMILES string of the molecule is C[C@H](Cn1cnc2c(N)ccnc21)OCP(=O)(NC(C)(C)C(=O)OC1CCC(C)(C)CC1)NC(C)(C)C(=O)OC1CCC(C)(C)CC1. The molecule has 0 bridgehead atoms. The Hall–Kier alpha value is -2.53. The van der Waals surface area contributed by atoms with Crippen molar-refractivity contribution in [2.75, 3.05) is 12.1 Å². The lowest BCUT2D eigenvalue weighted by molar-refractivity contribution is -0.157. The highest BCUT2D eigenvalue weighted by Gasteiger charge is 2.44. The van der Waals surface area contributed by atoms with Crippen LogP contribution in [0.5, 0.6) is 0 Å². The van der Waals surface area contributed by atoms with Gasteiger partial charge in [0.15, 0.2) is 5.65 Å². The summed E-state index contributed by atoms with van der Waals surface area (Å²) in [5.74, 6) is -1.01. The maximum absolute atomic E-state index is 14.8. The van der Waals surface area contributed by atoms with Crippen LogP contribution in [0.15, 0.2) is 18.6 Å². The molecular formula is C34H57N6O6P. The summed E-state index contributed by atoms with van der Waals surface area (Å²) in [7, 11) is -3.80. The molecule has 47 heavy (non-hydrogen) atoms. The van der Waals surface area contributed by atoms with Gasteiger partial charge in [0.1, 0.15) is 35.2 Å². The van der Waals surface area contributed by atoms with Crippen LogP contribution in [0.1, 0.15) is 114 Å². The third kappa shape index (κ3) is 10.00. The molecule has 1 atom stereocenters. The summed E-state index contributed by atoms with van der Waals surface area (Å²) in [4.78, 5) is 35.7. The molecule has 2 aliphatic rings. The zero-order valence-corrected chi connectivity index (χ0v) is 30.7. The molecule has 0 saturated heterocycles. The van der Waals surface area contributed by atoms with Gasteiger partial charge in [-0.1, -0.05) is 27.7 Å². The molecule has 0 aromatic carbocycles. The largest absolute Gasteiger partial charge is 0.461 e. The van der Waals surface area contributed by atoms with Crippen molar-refractivity contribution in [3.63, 3.8) is 0 Å². The molecule has 13 heteroatoms. The van der Waals surface area contributed by atoms with Gasteiger partial charge in [-0.15, -0.1) is 0 Å². The Morgan fingerprint density at radius 1 is 0.936 bits per heavy atom. The second-order valence-electron chi connectivity index (χ2n) is 16.3. The normalized spacial score (nSPS) is 20.2. The van der Waals surface area contributed by atoms with Crippen LogP contribution in [-0.2, 0) is 34.9 Å². The number of nitrogens with one attached hydrogen (secondary N) is 2. The lowest BCUT2D eigenvalue weighted by atomic mass is 9.76. The van der Waals surface area contributed by atoms with E-state index in [-0.39, 0.29) is 29.4 Å². The zero-order chi connectivity index (χ0) is 34.8. The number of imidazole rings is 1. The predicted octanol–water partition coefficient (Wildman–Crippen LogP) is 6.33. The molecule has 2 aromatic heterocycles. The highest BCUT2D eigenvalue weighted by molar-refractivity contribution is 7.59. The number of rotatable bonds is 13.